The van der Waals surface area contributed by atoms with Crippen molar-refractivity contribution in [2.45, 2.75) is 26.2 Å². The third-order valence-electron chi connectivity index (χ3n) is 3.95. The summed E-state index contributed by atoms with van der Waals surface area (Å²) in [7, 11) is 5.10. The molecule has 2 aromatic rings. The number of guanidine groups is 1. The summed E-state index contributed by atoms with van der Waals surface area (Å²) in [5.41, 5.74) is 2.34. The second-order valence-corrected chi connectivity index (χ2v) is 6.16. The third kappa shape index (κ3) is 8.35. The number of nitrogens with one attached hydrogen (secondary N) is 2. The summed E-state index contributed by atoms with van der Waals surface area (Å²) in [5.74, 6) is 2.29. The van der Waals surface area contributed by atoms with E-state index < -0.39 is 0 Å². The number of methoxy groups -OCH3 is 2. The van der Waals surface area contributed by atoms with E-state index in [2.05, 4.69) is 39.9 Å². The van der Waals surface area contributed by atoms with E-state index >= 15 is 0 Å². The quantitative estimate of drug-likeness (QED) is 0.314. The maximum Gasteiger partial charge on any atom is 0.191 e. The van der Waals surface area contributed by atoms with Crippen molar-refractivity contribution in [3.05, 3.63) is 59.7 Å². The van der Waals surface area contributed by atoms with Crippen LogP contribution in [0.3, 0.4) is 0 Å². The first kappa shape index (κ1) is 24.0. The normalized spacial score (nSPS) is 11.9. The van der Waals surface area contributed by atoms with Crippen LogP contribution in [0.4, 0.5) is 0 Å². The minimum Gasteiger partial charge on any atom is -0.497 e. The van der Waals surface area contributed by atoms with Gasteiger partial charge < -0.3 is 24.8 Å². The summed E-state index contributed by atoms with van der Waals surface area (Å²) >= 11 is 0. The fourth-order valence-corrected chi connectivity index (χ4v) is 2.52. The van der Waals surface area contributed by atoms with Crippen LogP contribution in [0, 0.1) is 0 Å². The van der Waals surface area contributed by atoms with Gasteiger partial charge in [-0.15, -0.1) is 24.0 Å². The molecule has 0 aliphatic heterocycles. The molecule has 0 heterocycles. The molecule has 154 valence electrons. The molecular formula is C21H30IN3O3. The van der Waals surface area contributed by atoms with E-state index in [1.54, 1.807) is 21.3 Å². The van der Waals surface area contributed by atoms with Crippen molar-refractivity contribution in [2.75, 3.05) is 27.8 Å². The molecule has 0 fully saturated rings. The van der Waals surface area contributed by atoms with Crippen LogP contribution in [-0.4, -0.2) is 39.9 Å². The van der Waals surface area contributed by atoms with Gasteiger partial charge in [0.2, 0.25) is 0 Å². The van der Waals surface area contributed by atoms with Crippen molar-refractivity contribution in [3.63, 3.8) is 0 Å². The van der Waals surface area contributed by atoms with Gasteiger partial charge in [-0.2, -0.15) is 0 Å². The Balaban J connectivity index is 0.00000392. The fraction of sp³-hybridized carbons (Fsp3) is 0.381. The molecule has 1 unspecified atom stereocenters. The first-order valence-electron chi connectivity index (χ1n) is 8.96. The van der Waals surface area contributed by atoms with E-state index in [9.17, 15) is 0 Å². The molecule has 0 amide bonds. The lowest BCUT2D eigenvalue weighted by Gasteiger charge is -2.18. The Hall–Kier alpha value is -2.00. The number of benzene rings is 2. The zero-order valence-electron chi connectivity index (χ0n) is 16.9. The van der Waals surface area contributed by atoms with Crippen molar-refractivity contribution >= 4 is 29.9 Å². The highest BCUT2D eigenvalue weighted by Crippen LogP contribution is 2.19. The summed E-state index contributed by atoms with van der Waals surface area (Å²) in [6.07, 6.45) is -0.0241. The average Bonchev–Trinajstić information content (AvgIpc) is 2.69. The monoisotopic (exact) mass is 499 g/mol. The Bertz CT molecular complexity index is 723. The number of ether oxygens (including phenoxy) is 3. The Labute approximate surface area is 184 Å². The molecule has 0 radical (unpaired) electrons. The Morgan fingerprint density at radius 2 is 1.68 bits per heavy atom. The second-order valence-electron chi connectivity index (χ2n) is 6.16. The van der Waals surface area contributed by atoms with Crippen LogP contribution < -0.4 is 20.1 Å². The zero-order chi connectivity index (χ0) is 19.5. The third-order valence-corrected chi connectivity index (χ3v) is 3.95. The topological polar surface area (TPSA) is 64.1 Å². The fourth-order valence-electron chi connectivity index (χ4n) is 2.52. The molecule has 0 saturated carbocycles. The van der Waals surface area contributed by atoms with E-state index in [1.165, 1.54) is 5.56 Å². The van der Waals surface area contributed by atoms with Gasteiger partial charge >= 0.3 is 0 Å². The van der Waals surface area contributed by atoms with Gasteiger partial charge in [0.25, 0.3) is 0 Å². The summed E-state index contributed by atoms with van der Waals surface area (Å²) in [6.45, 7) is 3.96. The van der Waals surface area contributed by atoms with Crippen molar-refractivity contribution < 1.29 is 14.2 Å². The average molecular weight is 499 g/mol. The molecule has 2 rings (SSSR count). The van der Waals surface area contributed by atoms with Crippen molar-refractivity contribution in [1.29, 1.82) is 0 Å². The molecule has 0 aliphatic rings. The molecule has 28 heavy (non-hydrogen) atoms. The summed E-state index contributed by atoms with van der Waals surface area (Å²) in [4.78, 5) is 4.26. The standard InChI is InChI=1S/C21H29N3O3.HI/c1-16(27-20-7-5-6-19(12-20)26-4)13-23-21(22-2)24-14-17-8-10-18(11-9-17)15-25-3;/h5-12,16H,13-15H2,1-4H3,(H2,22,23,24);1H. The highest BCUT2D eigenvalue weighted by atomic mass is 127. The SMILES string of the molecule is CN=C(NCc1ccc(COC)cc1)NCC(C)Oc1cccc(OC)c1.I. The molecule has 0 aromatic heterocycles. The van der Waals surface area contributed by atoms with Gasteiger partial charge in [-0.05, 0) is 30.2 Å². The number of nitrogens with zero attached hydrogens (tertiary/aromatic N) is 1. The lowest BCUT2D eigenvalue weighted by Crippen LogP contribution is -2.41. The number of rotatable bonds is 9. The molecule has 0 spiro atoms. The molecule has 0 saturated heterocycles. The molecule has 2 N–H and O–H groups in total. The number of hydrogen-bond donors (Lipinski definition) is 2. The van der Waals surface area contributed by atoms with Crippen LogP contribution in [0.15, 0.2) is 53.5 Å². The van der Waals surface area contributed by atoms with E-state index in [0.717, 1.165) is 23.0 Å². The molecule has 0 bridgehead atoms. The molecule has 6 nitrogen and oxygen atoms in total. The zero-order valence-corrected chi connectivity index (χ0v) is 19.2. The van der Waals surface area contributed by atoms with Crippen molar-refractivity contribution in [1.82, 2.24) is 10.6 Å². The van der Waals surface area contributed by atoms with Crippen molar-refractivity contribution in [3.8, 4) is 11.5 Å². The van der Waals surface area contributed by atoms with Crippen LogP contribution in [0.5, 0.6) is 11.5 Å². The maximum absolute atomic E-state index is 5.91. The molecule has 0 aliphatic carbocycles. The summed E-state index contributed by atoms with van der Waals surface area (Å²) in [6, 6.07) is 15.9. The Kier molecular flexibility index (Phi) is 11.4. The first-order valence-corrected chi connectivity index (χ1v) is 8.96. The van der Waals surface area contributed by atoms with Gasteiger partial charge in [-0.25, -0.2) is 0 Å². The highest BCUT2D eigenvalue weighted by molar-refractivity contribution is 14.0. The van der Waals surface area contributed by atoms with Crippen molar-refractivity contribution in [2.24, 2.45) is 4.99 Å². The molecule has 2 aromatic carbocycles. The molecule has 7 heteroatoms. The Morgan fingerprint density at radius 3 is 2.32 bits per heavy atom. The molecular weight excluding hydrogens is 469 g/mol. The first-order chi connectivity index (χ1) is 13.1. The second kappa shape index (κ2) is 13.2. The van der Waals surface area contributed by atoms with E-state index in [1.807, 2.05) is 31.2 Å². The van der Waals surface area contributed by atoms with Crippen LogP contribution in [0.2, 0.25) is 0 Å². The van der Waals surface area contributed by atoms with Crippen LogP contribution >= 0.6 is 24.0 Å². The number of hydrogen-bond acceptors (Lipinski definition) is 4. The van der Waals surface area contributed by atoms with Gasteiger partial charge in [0, 0.05) is 26.8 Å². The lowest BCUT2D eigenvalue weighted by molar-refractivity contribution is 0.185. The van der Waals surface area contributed by atoms with Gasteiger partial charge in [-0.1, -0.05) is 30.3 Å². The lowest BCUT2D eigenvalue weighted by atomic mass is 10.1. The predicted octanol–water partition coefficient (Wildman–Crippen LogP) is 3.59. The summed E-state index contributed by atoms with van der Waals surface area (Å²) < 4.78 is 16.3. The van der Waals surface area contributed by atoms with Crippen LogP contribution in [0.25, 0.3) is 0 Å². The minimum atomic E-state index is -0.0241. The molecule has 1 atom stereocenters. The van der Waals surface area contributed by atoms with Gasteiger partial charge in [0.15, 0.2) is 5.96 Å². The summed E-state index contributed by atoms with van der Waals surface area (Å²) in [5, 5.41) is 6.59. The van der Waals surface area contributed by atoms with Gasteiger partial charge in [0.1, 0.15) is 17.6 Å². The van der Waals surface area contributed by atoms with Crippen LogP contribution in [0.1, 0.15) is 18.1 Å². The van der Waals surface area contributed by atoms with Crippen LogP contribution in [-0.2, 0) is 17.9 Å². The van der Waals surface area contributed by atoms with E-state index in [4.69, 9.17) is 14.2 Å². The predicted molar refractivity (Wildman–Crippen MR) is 124 cm³/mol. The minimum absolute atomic E-state index is 0. The largest absolute Gasteiger partial charge is 0.497 e. The van der Waals surface area contributed by atoms with Gasteiger partial charge in [0.05, 0.1) is 20.3 Å². The smallest absolute Gasteiger partial charge is 0.191 e. The number of aliphatic imine (C=N–C) groups is 1. The number of halogens is 1. The Morgan fingerprint density at radius 1 is 1.00 bits per heavy atom. The highest BCUT2D eigenvalue weighted by Gasteiger charge is 2.07. The van der Waals surface area contributed by atoms with E-state index in [0.29, 0.717) is 19.7 Å². The van der Waals surface area contributed by atoms with E-state index in [-0.39, 0.29) is 30.1 Å². The maximum atomic E-state index is 5.91. The van der Waals surface area contributed by atoms with Gasteiger partial charge in [-0.3, -0.25) is 4.99 Å².